The Morgan fingerprint density at radius 1 is 1.37 bits per heavy atom. The fraction of sp³-hybridized carbons (Fsp3) is 0.571. The third kappa shape index (κ3) is 5.57. The molecule has 0 fully saturated rings. The van der Waals surface area contributed by atoms with Crippen molar-refractivity contribution in [2.75, 3.05) is 13.2 Å². The minimum atomic E-state index is -0.154. The Bertz CT molecular complexity index is 433. The van der Waals surface area contributed by atoms with E-state index in [4.69, 9.17) is 16.3 Å². The van der Waals surface area contributed by atoms with Crippen molar-refractivity contribution in [2.24, 2.45) is 0 Å². The molecular weight excluding hydrogens is 264 g/mol. The predicted octanol–water partition coefficient (Wildman–Crippen LogP) is 3.01. The van der Waals surface area contributed by atoms with Crippen LogP contribution in [0.15, 0.2) is 12.1 Å². The molecule has 0 atom stereocenters. The second-order valence-electron chi connectivity index (χ2n) is 4.93. The summed E-state index contributed by atoms with van der Waals surface area (Å²) < 4.78 is 5.36. The molecule has 5 heteroatoms. The number of rotatable bonds is 6. The smallest absolute Gasteiger partial charge is 0.251 e. The number of nitrogens with zero attached hydrogens (tertiary/aromatic N) is 1. The zero-order valence-electron chi connectivity index (χ0n) is 11.9. The molecule has 0 radical (unpaired) electrons. The van der Waals surface area contributed by atoms with E-state index < -0.39 is 0 Å². The lowest BCUT2D eigenvalue weighted by atomic mass is 10.1. The van der Waals surface area contributed by atoms with Gasteiger partial charge in [0.15, 0.2) is 0 Å². The van der Waals surface area contributed by atoms with Crippen molar-refractivity contribution >= 4 is 17.5 Å². The van der Waals surface area contributed by atoms with Crippen molar-refractivity contribution in [3.63, 3.8) is 0 Å². The molecule has 106 valence electrons. The summed E-state index contributed by atoms with van der Waals surface area (Å²) in [5.41, 5.74) is 1.35. The Hall–Kier alpha value is -1.13. The molecule has 0 aromatic carbocycles. The van der Waals surface area contributed by atoms with Crippen molar-refractivity contribution in [2.45, 2.75) is 39.7 Å². The number of pyridine rings is 1. The molecule has 1 rings (SSSR count). The number of halogens is 1. The summed E-state index contributed by atoms with van der Waals surface area (Å²) in [5, 5.41) is 3.14. The van der Waals surface area contributed by atoms with E-state index >= 15 is 0 Å². The minimum absolute atomic E-state index is 0.154. The molecule has 1 N–H and O–H groups in total. The normalized spacial score (nSPS) is 11.1. The number of aromatic nitrogens is 1. The van der Waals surface area contributed by atoms with Crippen molar-refractivity contribution in [1.29, 1.82) is 0 Å². The van der Waals surface area contributed by atoms with Gasteiger partial charge in [-0.25, -0.2) is 4.98 Å². The Labute approximate surface area is 119 Å². The van der Waals surface area contributed by atoms with Crippen LogP contribution in [0.25, 0.3) is 0 Å². The van der Waals surface area contributed by atoms with Gasteiger partial charge in [-0.15, -0.1) is 0 Å². The van der Waals surface area contributed by atoms with Crippen LogP contribution >= 0.6 is 11.6 Å². The Morgan fingerprint density at radius 2 is 2.05 bits per heavy atom. The topological polar surface area (TPSA) is 51.2 Å². The van der Waals surface area contributed by atoms with Gasteiger partial charge < -0.3 is 10.1 Å². The highest BCUT2D eigenvalue weighted by molar-refractivity contribution is 6.29. The van der Waals surface area contributed by atoms with Crippen LogP contribution in [0.3, 0.4) is 0 Å². The molecular formula is C14H21ClN2O2. The number of carbonyl (C=O) groups is 1. The summed E-state index contributed by atoms with van der Waals surface area (Å²) in [6.45, 7) is 8.92. The van der Waals surface area contributed by atoms with Crippen molar-refractivity contribution < 1.29 is 9.53 Å². The Balaban J connectivity index is 2.61. The van der Waals surface area contributed by atoms with Crippen molar-refractivity contribution in [3.8, 4) is 0 Å². The van der Waals surface area contributed by atoms with E-state index in [1.54, 1.807) is 12.1 Å². The first-order valence-electron chi connectivity index (χ1n) is 6.47. The summed E-state index contributed by atoms with van der Waals surface area (Å²) in [5.74, 6) is 0.0769. The van der Waals surface area contributed by atoms with Gasteiger partial charge in [-0.3, -0.25) is 4.79 Å². The zero-order valence-corrected chi connectivity index (χ0v) is 12.6. The molecule has 0 unspecified atom stereocenters. The van der Waals surface area contributed by atoms with Crippen molar-refractivity contribution in [1.82, 2.24) is 10.3 Å². The van der Waals surface area contributed by atoms with Crippen LogP contribution < -0.4 is 5.32 Å². The van der Waals surface area contributed by atoms with E-state index in [9.17, 15) is 4.79 Å². The van der Waals surface area contributed by atoms with Gasteiger partial charge in [-0.1, -0.05) is 25.4 Å². The average molecular weight is 285 g/mol. The van der Waals surface area contributed by atoms with Gasteiger partial charge in [0.2, 0.25) is 0 Å². The molecule has 0 saturated carbocycles. The number of ether oxygens (including phenoxy) is 1. The maximum absolute atomic E-state index is 12.0. The highest BCUT2D eigenvalue weighted by Gasteiger charge is 2.10. The first-order valence-corrected chi connectivity index (χ1v) is 6.85. The lowest BCUT2D eigenvalue weighted by Gasteiger charge is -2.10. The molecule has 1 heterocycles. The first-order chi connectivity index (χ1) is 8.90. The van der Waals surface area contributed by atoms with Crippen LogP contribution in [-0.2, 0) is 4.74 Å². The van der Waals surface area contributed by atoms with Crippen LogP contribution in [0.2, 0.25) is 5.15 Å². The second kappa shape index (κ2) is 7.46. The summed E-state index contributed by atoms with van der Waals surface area (Å²) in [6.07, 6.45) is 0.166. The fourth-order valence-corrected chi connectivity index (χ4v) is 1.72. The second-order valence-corrected chi connectivity index (χ2v) is 5.32. The Kier molecular flexibility index (Phi) is 6.25. The van der Waals surface area contributed by atoms with E-state index in [0.717, 1.165) is 5.69 Å². The lowest BCUT2D eigenvalue weighted by molar-refractivity contribution is 0.0746. The molecule has 19 heavy (non-hydrogen) atoms. The van der Waals surface area contributed by atoms with Gasteiger partial charge in [0.1, 0.15) is 5.15 Å². The first kappa shape index (κ1) is 15.9. The molecule has 0 saturated heterocycles. The van der Waals surface area contributed by atoms with E-state index in [-0.39, 0.29) is 17.9 Å². The highest BCUT2D eigenvalue weighted by atomic mass is 35.5. The van der Waals surface area contributed by atoms with E-state index in [1.807, 2.05) is 27.7 Å². The van der Waals surface area contributed by atoms with Crippen LogP contribution in [0.4, 0.5) is 0 Å². The quantitative estimate of drug-likeness (QED) is 0.645. The largest absolute Gasteiger partial charge is 0.377 e. The third-order valence-electron chi connectivity index (χ3n) is 2.51. The predicted molar refractivity (Wildman–Crippen MR) is 76.8 cm³/mol. The maximum atomic E-state index is 12.0. The van der Waals surface area contributed by atoms with Gasteiger partial charge in [0, 0.05) is 17.8 Å². The van der Waals surface area contributed by atoms with Gasteiger partial charge in [-0.2, -0.15) is 0 Å². The summed E-state index contributed by atoms with van der Waals surface area (Å²) in [6, 6.07) is 3.35. The average Bonchev–Trinajstić information content (AvgIpc) is 2.33. The molecule has 0 aliphatic rings. The highest BCUT2D eigenvalue weighted by Crippen LogP contribution is 2.17. The minimum Gasteiger partial charge on any atom is -0.377 e. The van der Waals surface area contributed by atoms with E-state index in [1.165, 1.54) is 0 Å². The van der Waals surface area contributed by atoms with Gasteiger partial charge in [-0.05, 0) is 31.9 Å². The molecule has 0 spiro atoms. The summed E-state index contributed by atoms with van der Waals surface area (Å²) in [7, 11) is 0. The summed E-state index contributed by atoms with van der Waals surface area (Å²) >= 11 is 5.93. The van der Waals surface area contributed by atoms with Gasteiger partial charge >= 0.3 is 0 Å². The van der Waals surface area contributed by atoms with E-state index in [2.05, 4.69) is 10.3 Å². The number of carbonyl (C=O) groups excluding carboxylic acids is 1. The van der Waals surface area contributed by atoms with Crippen LogP contribution in [0.5, 0.6) is 0 Å². The molecule has 1 amide bonds. The SMILES string of the molecule is CC(C)OCCNC(=O)c1cc(Cl)nc(C(C)C)c1. The molecule has 4 nitrogen and oxygen atoms in total. The monoisotopic (exact) mass is 284 g/mol. The maximum Gasteiger partial charge on any atom is 0.251 e. The van der Waals surface area contributed by atoms with Crippen molar-refractivity contribution in [3.05, 3.63) is 28.5 Å². The number of hydrogen-bond donors (Lipinski definition) is 1. The van der Waals surface area contributed by atoms with Gasteiger partial charge in [0.05, 0.1) is 12.7 Å². The molecule has 0 bridgehead atoms. The number of nitrogens with one attached hydrogen (secondary N) is 1. The lowest BCUT2D eigenvalue weighted by Crippen LogP contribution is -2.28. The fourth-order valence-electron chi connectivity index (χ4n) is 1.51. The summed E-state index contributed by atoms with van der Waals surface area (Å²) in [4.78, 5) is 16.2. The number of amides is 1. The molecule has 1 aromatic heterocycles. The standard InChI is InChI=1S/C14H21ClN2O2/c1-9(2)12-7-11(8-13(15)17-12)14(18)16-5-6-19-10(3)4/h7-10H,5-6H2,1-4H3,(H,16,18). The van der Waals surface area contributed by atoms with Crippen LogP contribution in [0, 0.1) is 0 Å². The Morgan fingerprint density at radius 3 is 2.63 bits per heavy atom. The zero-order chi connectivity index (χ0) is 14.4. The van der Waals surface area contributed by atoms with E-state index in [0.29, 0.717) is 23.9 Å². The van der Waals surface area contributed by atoms with Gasteiger partial charge in [0.25, 0.3) is 5.91 Å². The van der Waals surface area contributed by atoms with Crippen LogP contribution in [-0.4, -0.2) is 30.1 Å². The third-order valence-corrected chi connectivity index (χ3v) is 2.70. The number of hydrogen-bond acceptors (Lipinski definition) is 3. The molecule has 0 aliphatic carbocycles. The molecule has 0 aliphatic heterocycles. The van der Waals surface area contributed by atoms with Crippen LogP contribution in [0.1, 0.15) is 49.7 Å². The molecule has 1 aromatic rings.